The van der Waals surface area contributed by atoms with Gasteiger partial charge in [0.1, 0.15) is 0 Å². The summed E-state index contributed by atoms with van der Waals surface area (Å²) in [4.78, 5) is 15.1. The van der Waals surface area contributed by atoms with Crippen LogP contribution in [-0.4, -0.2) is 34.8 Å². The SMILES string of the molecule is COc1cc(-c2noc(CCCCCNC(C)=O)n2)ccc1O. The normalized spacial score (nSPS) is 10.5. The largest absolute Gasteiger partial charge is 0.504 e. The molecule has 7 nitrogen and oxygen atoms in total. The molecular weight excluding hydrogens is 298 g/mol. The van der Waals surface area contributed by atoms with Crippen LogP contribution in [-0.2, 0) is 11.2 Å². The topological polar surface area (TPSA) is 97.5 Å². The first-order valence-corrected chi connectivity index (χ1v) is 7.54. The average Bonchev–Trinajstić information content (AvgIpc) is 3.00. The van der Waals surface area contributed by atoms with Crippen LogP contribution in [0.1, 0.15) is 32.1 Å². The van der Waals surface area contributed by atoms with Gasteiger partial charge in [-0.15, -0.1) is 0 Å². The molecule has 1 heterocycles. The van der Waals surface area contributed by atoms with E-state index >= 15 is 0 Å². The van der Waals surface area contributed by atoms with Crippen LogP contribution in [0.25, 0.3) is 11.4 Å². The molecule has 0 saturated heterocycles. The molecule has 0 atom stereocenters. The van der Waals surface area contributed by atoms with Gasteiger partial charge in [0.2, 0.25) is 17.6 Å². The fourth-order valence-electron chi connectivity index (χ4n) is 2.13. The van der Waals surface area contributed by atoms with Crippen LogP contribution in [0, 0.1) is 0 Å². The van der Waals surface area contributed by atoms with Crippen LogP contribution in [0.4, 0.5) is 0 Å². The number of amides is 1. The summed E-state index contributed by atoms with van der Waals surface area (Å²) in [7, 11) is 1.49. The van der Waals surface area contributed by atoms with Crippen LogP contribution in [0.2, 0.25) is 0 Å². The van der Waals surface area contributed by atoms with Crippen LogP contribution >= 0.6 is 0 Å². The van der Waals surface area contributed by atoms with Crippen LogP contribution in [0.5, 0.6) is 11.5 Å². The minimum absolute atomic E-state index is 0.00382. The van der Waals surface area contributed by atoms with Gasteiger partial charge >= 0.3 is 0 Å². The summed E-state index contributed by atoms with van der Waals surface area (Å²) in [5.74, 6) is 1.48. The molecule has 124 valence electrons. The third-order valence-corrected chi connectivity index (χ3v) is 3.35. The Morgan fingerprint density at radius 3 is 2.91 bits per heavy atom. The molecule has 0 unspecified atom stereocenters. The Hall–Kier alpha value is -2.57. The van der Waals surface area contributed by atoms with Crippen molar-refractivity contribution in [3.63, 3.8) is 0 Å². The number of carbonyl (C=O) groups is 1. The van der Waals surface area contributed by atoms with Gasteiger partial charge in [0.05, 0.1) is 7.11 Å². The fourth-order valence-corrected chi connectivity index (χ4v) is 2.13. The minimum Gasteiger partial charge on any atom is -0.504 e. The smallest absolute Gasteiger partial charge is 0.226 e. The Kier molecular flexibility index (Phi) is 5.96. The van der Waals surface area contributed by atoms with Gasteiger partial charge in [0.25, 0.3) is 0 Å². The molecule has 2 rings (SSSR count). The molecule has 0 aliphatic rings. The second kappa shape index (κ2) is 8.17. The van der Waals surface area contributed by atoms with Gasteiger partial charge in [0, 0.05) is 25.5 Å². The third-order valence-electron chi connectivity index (χ3n) is 3.35. The highest BCUT2D eigenvalue weighted by molar-refractivity contribution is 5.72. The lowest BCUT2D eigenvalue weighted by Crippen LogP contribution is -2.20. The van der Waals surface area contributed by atoms with Crippen molar-refractivity contribution in [2.45, 2.75) is 32.6 Å². The summed E-state index contributed by atoms with van der Waals surface area (Å²) in [5, 5.41) is 16.3. The summed E-state index contributed by atoms with van der Waals surface area (Å²) in [6.07, 6.45) is 3.52. The quantitative estimate of drug-likeness (QED) is 0.725. The number of nitrogens with zero attached hydrogens (tertiary/aromatic N) is 2. The number of ether oxygens (including phenoxy) is 1. The summed E-state index contributed by atoms with van der Waals surface area (Å²) in [5.41, 5.74) is 0.723. The van der Waals surface area contributed by atoms with E-state index in [0.29, 0.717) is 30.4 Å². The molecule has 0 fully saturated rings. The Balaban J connectivity index is 1.85. The van der Waals surface area contributed by atoms with Gasteiger partial charge in [-0.05, 0) is 31.0 Å². The number of phenols is 1. The highest BCUT2D eigenvalue weighted by Crippen LogP contribution is 2.30. The van der Waals surface area contributed by atoms with Crippen molar-refractivity contribution in [3.8, 4) is 22.9 Å². The Labute approximate surface area is 134 Å². The first kappa shape index (κ1) is 16.8. The number of aryl methyl sites for hydroxylation is 1. The van der Waals surface area contributed by atoms with Crippen LogP contribution in [0.3, 0.4) is 0 Å². The maximum atomic E-state index is 10.7. The predicted molar refractivity (Wildman–Crippen MR) is 84.2 cm³/mol. The molecular formula is C16H21N3O4. The van der Waals surface area contributed by atoms with Crippen LogP contribution < -0.4 is 10.1 Å². The second-order valence-electron chi connectivity index (χ2n) is 5.19. The van der Waals surface area contributed by atoms with E-state index in [-0.39, 0.29) is 11.7 Å². The van der Waals surface area contributed by atoms with Crippen LogP contribution in [0.15, 0.2) is 22.7 Å². The third kappa shape index (κ3) is 4.98. The molecule has 2 aromatic rings. The molecule has 1 aromatic carbocycles. The van der Waals surface area contributed by atoms with Crippen molar-refractivity contribution >= 4 is 5.91 Å². The molecule has 0 radical (unpaired) electrons. The van der Waals surface area contributed by atoms with E-state index in [1.54, 1.807) is 12.1 Å². The zero-order chi connectivity index (χ0) is 16.7. The molecule has 0 spiro atoms. The zero-order valence-electron chi connectivity index (χ0n) is 13.3. The number of methoxy groups -OCH3 is 1. The molecule has 0 aliphatic heterocycles. The van der Waals surface area contributed by atoms with E-state index in [1.807, 2.05) is 0 Å². The van der Waals surface area contributed by atoms with E-state index in [1.165, 1.54) is 20.1 Å². The molecule has 2 N–H and O–H groups in total. The molecule has 1 amide bonds. The van der Waals surface area contributed by atoms with Gasteiger partial charge in [-0.1, -0.05) is 11.6 Å². The monoisotopic (exact) mass is 319 g/mol. The summed E-state index contributed by atoms with van der Waals surface area (Å²) >= 11 is 0. The van der Waals surface area contributed by atoms with Gasteiger partial charge in [-0.25, -0.2) is 0 Å². The summed E-state index contributed by atoms with van der Waals surface area (Å²) in [6, 6.07) is 4.91. The van der Waals surface area contributed by atoms with E-state index in [2.05, 4.69) is 15.5 Å². The van der Waals surface area contributed by atoms with Crippen molar-refractivity contribution < 1.29 is 19.2 Å². The molecule has 0 aliphatic carbocycles. The van der Waals surface area contributed by atoms with Gasteiger partial charge in [0.15, 0.2) is 11.5 Å². The maximum absolute atomic E-state index is 10.7. The number of rotatable bonds is 8. The zero-order valence-corrected chi connectivity index (χ0v) is 13.3. The number of phenolic OH excluding ortho intramolecular Hbond substituents is 1. The van der Waals surface area contributed by atoms with Gasteiger partial charge in [-0.2, -0.15) is 4.98 Å². The second-order valence-corrected chi connectivity index (χ2v) is 5.19. The number of unbranched alkanes of at least 4 members (excludes halogenated alkanes) is 2. The van der Waals surface area contributed by atoms with Gasteiger partial charge in [-0.3, -0.25) is 4.79 Å². The molecule has 23 heavy (non-hydrogen) atoms. The lowest BCUT2D eigenvalue weighted by atomic mass is 10.2. The lowest BCUT2D eigenvalue weighted by Gasteiger charge is -2.03. The van der Waals surface area contributed by atoms with Crippen molar-refractivity contribution in [1.29, 1.82) is 0 Å². The van der Waals surface area contributed by atoms with Crippen molar-refractivity contribution in [1.82, 2.24) is 15.5 Å². The number of aromatic nitrogens is 2. The van der Waals surface area contributed by atoms with E-state index in [9.17, 15) is 9.90 Å². The average molecular weight is 319 g/mol. The van der Waals surface area contributed by atoms with E-state index in [4.69, 9.17) is 9.26 Å². The first-order valence-electron chi connectivity index (χ1n) is 7.54. The van der Waals surface area contributed by atoms with E-state index < -0.39 is 0 Å². The number of hydrogen-bond donors (Lipinski definition) is 2. The molecule has 0 bridgehead atoms. The highest BCUT2D eigenvalue weighted by Gasteiger charge is 2.11. The first-order chi connectivity index (χ1) is 11.1. The number of nitrogens with one attached hydrogen (secondary N) is 1. The number of hydrogen-bond acceptors (Lipinski definition) is 6. The highest BCUT2D eigenvalue weighted by atomic mass is 16.5. The summed E-state index contributed by atoms with van der Waals surface area (Å²) < 4.78 is 10.3. The lowest BCUT2D eigenvalue weighted by molar-refractivity contribution is -0.118. The maximum Gasteiger partial charge on any atom is 0.226 e. The molecule has 0 saturated carbocycles. The Morgan fingerprint density at radius 2 is 2.17 bits per heavy atom. The standard InChI is InChI=1S/C16H21N3O4/c1-11(20)17-9-5-3-4-6-15-18-16(19-23-15)12-7-8-13(21)14(10-12)22-2/h7-8,10,21H,3-6,9H2,1-2H3,(H,17,20). The van der Waals surface area contributed by atoms with Crippen molar-refractivity contribution in [2.75, 3.05) is 13.7 Å². The van der Waals surface area contributed by atoms with Crippen molar-refractivity contribution in [3.05, 3.63) is 24.1 Å². The van der Waals surface area contributed by atoms with Gasteiger partial charge < -0.3 is 19.7 Å². The number of carbonyl (C=O) groups excluding carboxylic acids is 1. The fraction of sp³-hybridized carbons (Fsp3) is 0.438. The number of aromatic hydroxyl groups is 1. The Bertz CT molecular complexity index is 655. The predicted octanol–water partition coefficient (Wildman–Crippen LogP) is 2.30. The Morgan fingerprint density at radius 1 is 1.35 bits per heavy atom. The van der Waals surface area contributed by atoms with E-state index in [0.717, 1.165) is 24.8 Å². The number of benzene rings is 1. The summed E-state index contributed by atoms with van der Waals surface area (Å²) in [6.45, 7) is 2.20. The molecule has 7 heteroatoms. The molecule has 1 aromatic heterocycles. The van der Waals surface area contributed by atoms with Crippen molar-refractivity contribution in [2.24, 2.45) is 0 Å². The minimum atomic E-state index is -0.00382.